The molecule has 4 rings (SSSR count). The molecule has 1 unspecified atom stereocenters. The summed E-state index contributed by atoms with van der Waals surface area (Å²) in [5.74, 6) is -2.26. The predicted octanol–water partition coefficient (Wildman–Crippen LogP) is 2.81. The van der Waals surface area contributed by atoms with Crippen molar-refractivity contribution in [1.29, 1.82) is 0 Å². The van der Waals surface area contributed by atoms with E-state index in [0.29, 0.717) is 28.0 Å². The third-order valence-corrected chi connectivity index (χ3v) is 4.89. The summed E-state index contributed by atoms with van der Waals surface area (Å²) in [5.41, 5.74) is 0.872. The van der Waals surface area contributed by atoms with Crippen molar-refractivity contribution in [2.24, 2.45) is 5.16 Å². The normalized spacial score (nSPS) is 18.5. The number of rotatable bonds is 5. The lowest BCUT2D eigenvalue weighted by molar-refractivity contribution is -0.165. The number of carboxylic acid groups (broad SMARTS) is 1. The van der Waals surface area contributed by atoms with E-state index < -0.39 is 29.7 Å². The minimum atomic E-state index is -1.82. The van der Waals surface area contributed by atoms with E-state index >= 15 is 0 Å². The van der Waals surface area contributed by atoms with Gasteiger partial charge in [-0.25, -0.2) is 9.18 Å². The van der Waals surface area contributed by atoms with Gasteiger partial charge in [0.2, 0.25) is 11.5 Å². The van der Waals surface area contributed by atoms with Crippen molar-refractivity contribution < 1.29 is 23.9 Å². The lowest BCUT2D eigenvalue weighted by Gasteiger charge is -2.21. The second-order valence-corrected chi connectivity index (χ2v) is 6.83. The topological polar surface area (TPSA) is 114 Å². The van der Waals surface area contributed by atoms with E-state index in [2.05, 4.69) is 19.2 Å². The number of halogens is 1. The third-order valence-electron chi connectivity index (χ3n) is 4.33. The maximum atomic E-state index is 13.1. The van der Waals surface area contributed by atoms with Gasteiger partial charge in [-0.05, 0) is 35.9 Å². The van der Waals surface area contributed by atoms with Crippen molar-refractivity contribution in [3.05, 3.63) is 53.8 Å². The van der Waals surface area contributed by atoms with Gasteiger partial charge in [-0.1, -0.05) is 17.3 Å². The molecule has 1 amide bonds. The fraction of sp³-hybridized carbons (Fsp3) is 0.167. The number of aromatic nitrogens is 2. The largest absolute Gasteiger partial charge is 0.478 e. The van der Waals surface area contributed by atoms with Crippen LogP contribution in [0.25, 0.3) is 11.0 Å². The Kier molecular flexibility index (Phi) is 4.47. The summed E-state index contributed by atoms with van der Waals surface area (Å²) < 4.78 is 21.3. The van der Waals surface area contributed by atoms with Crippen molar-refractivity contribution in [1.82, 2.24) is 8.75 Å². The van der Waals surface area contributed by atoms with Crippen molar-refractivity contribution in [2.45, 2.75) is 18.4 Å². The number of carbonyl (C=O) groups excluding carboxylic acids is 1. The number of hydrogen-bond donors (Lipinski definition) is 2. The first kappa shape index (κ1) is 18.0. The zero-order chi connectivity index (χ0) is 19.7. The number of nitrogens with zero attached hydrogens (tertiary/aromatic N) is 3. The Morgan fingerprint density at radius 1 is 1.18 bits per heavy atom. The maximum Gasteiger partial charge on any atom is 0.351 e. The summed E-state index contributed by atoms with van der Waals surface area (Å²) in [6, 6.07) is 10.5. The first-order valence-corrected chi connectivity index (χ1v) is 8.95. The summed E-state index contributed by atoms with van der Waals surface area (Å²) >= 11 is 1.06. The second-order valence-electron chi connectivity index (χ2n) is 6.31. The Morgan fingerprint density at radius 2 is 1.93 bits per heavy atom. The fourth-order valence-corrected chi connectivity index (χ4v) is 3.40. The molecule has 0 saturated carbocycles. The lowest BCUT2D eigenvalue weighted by atomic mass is 9.90. The summed E-state index contributed by atoms with van der Waals surface area (Å²) in [6.07, 6.45) is -0.555. The zero-order valence-electron chi connectivity index (χ0n) is 14.3. The van der Waals surface area contributed by atoms with Gasteiger partial charge in [-0.15, -0.1) is 0 Å². The van der Waals surface area contributed by atoms with Crippen molar-refractivity contribution in [2.75, 3.05) is 5.32 Å². The first-order chi connectivity index (χ1) is 13.4. The van der Waals surface area contributed by atoms with Crippen LogP contribution in [-0.2, 0) is 14.4 Å². The molecule has 0 bridgehead atoms. The van der Waals surface area contributed by atoms with E-state index in [1.165, 1.54) is 24.3 Å². The van der Waals surface area contributed by atoms with E-state index in [9.17, 15) is 19.1 Å². The van der Waals surface area contributed by atoms with Gasteiger partial charge in [0, 0.05) is 12.1 Å². The van der Waals surface area contributed by atoms with Crippen LogP contribution in [0.3, 0.4) is 0 Å². The Morgan fingerprint density at radius 3 is 2.68 bits per heavy atom. The number of benzene rings is 2. The Hall–Kier alpha value is -3.40. The molecule has 0 spiro atoms. The number of hydrogen-bond acceptors (Lipinski definition) is 7. The number of amides is 1. The Bertz CT molecular complexity index is 1100. The highest BCUT2D eigenvalue weighted by atomic mass is 32.1. The maximum absolute atomic E-state index is 13.1. The monoisotopic (exact) mass is 400 g/mol. The molecule has 3 aromatic rings. The van der Waals surface area contributed by atoms with Crippen molar-refractivity contribution in [3.8, 4) is 0 Å². The molecule has 0 saturated heterocycles. The van der Waals surface area contributed by atoms with Crippen LogP contribution < -0.4 is 5.32 Å². The molecule has 1 aliphatic rings. The van der Waals surface area contributed by atoms with E-state index in [1.807, 2.05) is 0 Å². The number of carbonyl (C=O) groups is 2. The highest BCUT2D eigenvalue weighted by Gasteiger charge is 2.49. The minimum Gasteiger partial charge on any atom is -0.478 e. The number of oxime groups is 1. The van der Waals surface area contributed by atoms with Gasteiger partial charge in [0.25, 0.3) is 0 Å². The Labute approximate surface area is 162 Å². The zero-order valence-corrected chi connectivity index (χ0v) is 15.1. The average Bonchev–Trinajstić information content (AvgIpc) is 3.29. The number of nitrogens with one attached hydrogen (secondary N) is 1. The summed E-state index contributed by atoms with van der Waals surface area (Å²) in [7, 11) is 0. The highest BCUT2D eigenvalue weighted by Crippen LogP contribution is 2.31. The summed E-state index contributed by atoms with van der Waals surface area (Å²) in [5, 5.41) is 16.1. The van der Waals surface area contributed by atoms with Crippen LogP contribution in [0.4, 0.5) is 10.1 Å². The van der Waals surface area contributed by atoms with E-state index in [1.54, 1.807) is 18.2 Å². The molecule has 0 radical (unpaired) electrons. The average molecular weight is 400 g/mol. The van der Waals surface area contributed by atoms with E-state index in [-0.39, 0.29) is 6.42 Å². The van der Waals surface area contributed by atoms with Crippen LogP contribution >= 0.6 is 11.7 Å². The van der Waals surface area contributed by atoms with Gasteiger partial charge in [0.1, 0.15) is 16.9 Å². The Balaban J connectivity index is 1.48. The number of anilines is 1. The SMILES string of the molecule is O=C(CC1(C(=O)O)CC(c2ccc(F)cc2)=NO1)Nc1ccc2nsnc2c1. The smallest absolute Gasteiger partial charge is 0.351 e. The molecule has 10 heteroatoms. The second kappa shape index (κ2) is 6.97. The molecule has 0 fully saturated rings. The van der Waals surface area contributed by atoms with Crippen LogP contribution in [0.15, 0.2) is 47.6 Å². The molecule has 1 atom stereocenters. The van der Waals surface area contributed by atoms with Gasteiger partial charge >= 0.3 is 5.97 Å². The number of carboxylic acids is 1. The van der Waals surface area contributed by atoms with Crippen molar-refractivity contribution >= 4 is 46.0 Å². The molecule has 28 heavy (non-hydrogen) atoms. The van der Waals surface area contributed by atoms with Gasteiger partial charge in [0.05, 0.1) is 23.9 Å². The van der Waals surface area contributed by atoms with Gasteiger partial charge in [0.15, 0.2) is 0 Å². The molecule has 8 nitrogen and oxygen atoms in total. The van der Waals surface area contributed by atoms with Crippen molar-refractivity contribution in [3.63, 3.8) is 0 Å². The molecule has 142 valence electrons. The molecule has 2 aromatic carbocycles. The van der Waals surface area contributed by atoms with Crippen LogP contribution in [-0.4, -0.2) is 37.0 Å². The summed E-state index contributed by atoms with van der Waals surface area (Å²) in [6.45, 7) is 0. The molecule has 2 N–H and O–H groups in total. The van der Waals surface area contributed by atoms with E-state index in [4.69, 9.17) is 4.84 Å². The van der Waals surface area contributed by atoms with Crippen LogP contribution in [0.2, 0.25) is 0 Å². The number of aliphatic carboxylic acids is 1. The first-order valence-electron chi connectivity index (χ1n) is 8.22. The van der Waals surface area contributed by atoms with Crippen LogP contribution in [0, 0.1) is 5.82 Å². The molecule has 2 heterocycles. The quantitative estimate of drug-likeness (QED) is 0.681. The minimum absolute atomic E-state index is 0.115. The molecule has 0 aliphatic carbocycles. The van der Waals surface area contributed by atoms with Crippen LogP contribution in [0.5, 0.6) is 0 Å². The fourth-order valence-electron chi connectivity index (χ4n) is 2.88. The van der Waals surface area contributed by atoms with E-state index in [0.717, 1.165) is 11.7 Å². The van der Waals surface area contributed by atoms with Gasteiger partial charge < -0.3 is 15.3 Å². The summed E-state index contributed by atoms with van der Waals surface area (Å²) in [4.78, 5) is 29.5. The molecular weight excluding hydrogens is 387 g/mol. The molecule has 1 aliphatic heterocycles. The molecular formula is C18H13FN4O4S. The number of fused-ring (bicyclic) bond motifs is 1. The third kappa shape index (κ3) is 3.41. The molecule has 1 aromatic heterocycles. The standard InChI is InChI=1S/C18H13FN4O4S/c19-11-3-1-10(2-4-11)15-8-18(17(25)26,27-21-15)9-16(24)20-12-5-6-13-14(7-12)23-28-22-13/h1-7H,8-9H2,(H,20,24)(H,25,26). The highest BCUT2D eigenvalue weighted by molar-refractivity contribution is 7.00. The van der Waals surface area contributed by atoms with Crippen LogP contribution in [0.1, 0.15) is 18.4 Å². The lowest BCUT2D eigenvalue weighted by Crippen LogP contribution is -2.42. The predicted molar refractivity (Wildman–Crippen MR) is 99.7 cm³/mol. The van der Waals surface area contributed by atoms with Gasteiger partial charge in [-0.3, -0.25) is 4.79 Å². The van der Waals surface area contributed by atoms with Gasteiger partial charge in [-0.2, -0.15) is 8.75 Å².